The van der Waals surface area contributed by atoms with E-state index in [4.69, 9.17) is 0 Å². The number of phenols is 1. The minimum absolute atomic E-state index is 0.131. The van der Waals surface area contributed by atoms with Crippen LogP contribution in [0.2, 0.25) is 0 Å². The van der Waals surface area contributed by atoms with Crippen molar-refractivity contribution >= 4 is 23.6 Å². The van der Waals surface area contributed by atoms with Gasteiger partial charge in [-0.05, 0) is 43.3 Å². The van der Waals surface area contributed by atoms with Gasteiger partial charge in [0.15, 0.2) is 0 Å². The summed E-state index contributed by atoms with van der Waals surface area (Å²) in [7, 11) is -3.11. The van der Waals surface area contributed by atoms with Gasteiger partial charge >= 0.3 is 0 Å². The van der Waals surface area contributed by atoms with Crippen molar-refractivity contribution in [3.63, 3.8) is 0 Å². The Morgan fingerprint density at radius 1 is 0.792 bits per heavy atom. The molecule has 0 saturated heterocycles. The zero-order valence-electron chi connectivity index (χ0n) is 13.5. The molecule has 0 heterocycles. The normalized spacial score (nSPS) is 11.2. The Balaban J connectivity index is 2.25. The van der Waals surface area contributed by atoms with E-state index in [1.807, 2.05) is 78.3 Å². The Bertz CT molecular complexity index is 806. The number of benzene rings is 3. The molecule has 0 spiro atoms. The van der Waals surface area contributed by atoms with Crippen LogP contribution in [-0.2, 0) is 4.57 Å². The Hall–Kier alpha value is -2.51. The highest BCUT2D eigenvalue weighted by molar-refractivity contribution is 7.80. The van der Waals surface area contributed by atoms with E-state index >= 15 is 0 Å². The zero-order chi connectivity index (χ0) is 17.0. The van der Waals surface area contributed by atoms with Gasteiger partial charge in [0.1, 0.15) is 5.75 Å². The molecule has 3 rings (SSSR count). The lowest BCUT2D eigenvalue weighted by atomic mass is 10.3. The molecule has 1 N–H and O–H groups in total. The van der Waals surface area contributed by atoms with Crippen LogP contribution in [0.15, 0.2) is 84.9 Å². The van der Waals surface area contributed by atoms with Crippen LogP contribution in [0.25, 0.3) is 0 Å². The van der Waals surface area contributed by atoms with Gasteiger partial charge in [-0.15, -0.1) is 0 Å². The second-order valence-electron chi connectivity index (χ2n) is 5.45. The molecule has 4 heteroatoms. The highest BCUT2D eigenvalue weighted by Gasteiger charge is 2.35. The molecule has 0 unspecified atom stereocenters. The SMILES string of the molecule is CCN(c1ccccc1O)P(=O)(c1ccccc1)c1ccccc1. The summed E-state index contributed by atoms with van der Waals surface area (Å²) in [5, 5.41) is 11.8. The summed E-state index contributed by atoms with van der Waals surface area (Å²) in [6.07, 6.45) is 0. The maximum Gasteiger partial charge on any atom is 0.229 e. The molecule has 0 saturated carbocycles. The second kappa shape index (κ2) is 6.94. The summed E-state index contributed by atoms with van der Waals surface area (Å²) in [5.41, 5.74) is 0.580. The fourth-order valence-electron chi connectivity index (χ4n) is 2.89. The summed E-state index contributed by atoms with van der Waals surface area (Å²) in [6.45, 7) is 2.46. The van der Waals surface area contributed by atoms with E-state index in [0.717, 1.165) is 10.6 Å². The first-order valence-corrected chi connectivity index (χ1v) is 9.61. The van der Waals surface area contributed by atoms with Crippen LogP contribution in [0.4, 0.5) is 5.69 Å². The molecule has 122 valence electrons. The summed E-state index contributed by atoms with van der Waals surface area (Å²) in [4.78, 5) is 0. The molecule has 0 aromatic heterocycles. The number of phenolic OH excluding ortho intramolecular Hbond substituents is 1. The molecular weight excluding hydrogens is 317 g/mol. The lowest BCUT2D eigenvalue weighted by Gasteiger charge is -2.33. The van der Waals surface area contributed by atoms with Gasteiger partial charge in [-0.1, -0.05) is 48.5 Å². The Morgan fingerprint density at radius 2 is 1.25 bits per heavy atom. The zero-order valence-corrected chi connectivity index (χ0v) is 14.4. The van der Waals surface area contributed by atoms with E-state index in [9.17, 15) is 9.67 Å². The quantitative estimate of drug-likeness (QED) is 0.711. The fraction of sp³-hybridized carbons (Fsp3) is 0.100. The van der Waals surface area contributed by atoms with Gasteiger partial charge in [0, 0.05) is 17.2 Å². The van der Waals surface area contributed by atoms with Crippen molar-refractivity contribution < 1.29 is 9.67 Å². The van der Waals surface area contributed by atoms with Gasteiger partial charge in [-0.2, -0.15) is 0 Å². The minimum Gasteiger partial charge on any atom is -0.506 e. The maximum absolute atomic E-state index is 14.3. The van der Waals surface area contributed by atoms with Gasteiger partial charge in [0.2, 0.25) is 7.29 Å². The lowest BCUT2D eigenvalue weighted by molar-refractivity contribution is 0.475. The number of hydrogen-bond acceptors (Lipinski definition) is 2. The van der Waals surface area contributed by atoms with Gasteiger partial charge in [0.05, 0.1) is 5.69 Å². The number of para-hydroxylation sites is 2. The Labute approximate surface area is 142 Å². The summed E-state index contributed by atoms with van der Waals surface area (Å²) < 4.78 is 16.1. The topological polar surface area (TPSA) is 40.5 Å². The summed E-state index contributed by atoms with van der Waals surface area (Å²) >= 11 is 0. The predicted molar refractivity (Wildman–Crippen MR) is 101 cm³/mol. The molecule has 0 amide bonds. The molecule has 0 fully saturated rings. The first-order valence-electron chi connectivity index (χ1n) is 7.95. The van der Waals surface area contributed by atoms with Crippen LogP contribution in [0.3, 0.4) is 0 Å². The van der Waals surface area contributed by atoms with Crippen molar-refractivity contribution in [2.75, 3.05) is 11.2 Å². The van der Waals surface area contributed by atoms with E-state index in [0.29, 0.717) is 12.2 Å². The average molecular weight is 337 g/mol. The molecule has 3 nitrogen and oxygen atoms in total. The first kappa shape index (κ1) is 16.4. The highest BCUT2D eigenvalue weighted by atomic mass is 31.2. The molecule has 0 aliphatic rings. The lowest BCUT2D eigenvalue weighted by Crippen LogP contribution is -2.32. The highest BCUT2D eigenvalue weighted by Crippen LogP contribution is 2.51. The molecule has 3 aromatic rings. The van der Waals surface area contributed by atoms with Crippen LogP contribution in [-0.4, -0.2) is 11.7 Å². The third kappa shape index (κ3) is 2.83. The van der Waals surface area contributed by atoms with Crippen LogP contribution >= 0.6 is 7.29 Å². The molecule has 0 bridgehead atoms. The number of aromatic hydroxyl groups is 1. The van der Waals surface area contributed by atoms with Crippen molar-refractivity contribution in [3.05, 3.63) is 84.9 Å². The van der Waals surface area contributed by atoms with Crippen molar-refractivity contribution in [2.45, 2.75) is 6.92 Å². The Morgan fingerprint density at radius 3 is 1.71 bits per heavy atom. The van der Waals surface area contributed by atoms with Crippen LogP contribution in [0.1, 0.15) is 6.92 Å². The van der Waals surface area contributed by atoms with Gasteiger partial charge < -0.3 is 9.78 Å². The van der Waals surface area contributed by atoms with E-state index in [-0.39, 0.29) is 5.75 Å². The van der Waals surface area contributed by atoms with Crippen LogP contribution in [0.5, 0.6) is 5.75 Å². The molecule has 24 heavy (non-hydrogen) atoms. The standard InChI is InChI=1S/C20H20NO2P/c1-2-21(19-15-9-10-16-20(19)22)24(23,17-11-5-3-6-12-17)18-13-7-4-8-14-18/h3-16,22H,2H2,1H3. The summed E-state index contributed by atoms with van der Waals surface area (Å²) in [5.74, 6) is 0.131. The third-order valence-corrected chi connectivity index (χ3v) is 7.19. The second-order valence-corrected chi connectivity index (χ2v) is 8.12. The molecule has 0 aliphatic heterocycles. The molecule has 0 aliphatic carbocycles. The largest absolute Gasteiger partial charge is 0.506 e. The van der Waals surface area contributed by atoms with Gasteiger partial charge in [-0.25, -0.2) is 0 Å². The average Bonchev–Trinajstić information content (AvgIpc) is 2.65. The predicted octanol–water partition coefficient (Wildman–Crippen LogP) is 4.15. The van der Waals surface area contributed by atoms with Crippen molar-refractivity contribution in [3.8, 4) is 5.75 Å². The summed E-state index contributed by atoms with van der Waals surface area (Å²) in [6, 6.07) is 26.0. The molecular formula is C20H20NO2P. The molecule has 3 aromatic carbocycles. The van der Waals surface area contributed by atoms with Crippen molar-refractivity contribution in [2.24, 2.45) is 0 Å². The molecule has 0 atom stereocenters. The number of hydrogen-bond donors (Lipinski definition) is 1. The van der Waals surface area contributed by atoms with E-state index in [1.165, 1.54) is 0 Å². The van der Waals surface area contributed by atoms with Crippen molar-refractivity contribution in [1.82, 2.24) is 0 Å². The van der Waals surface area contributed by atoms with E-state index < -0.39 is 7.29 Å². The molecule has 0 radical (unpaired) electrons. The number of anilines is 1. The smallest absolute Gasteiger partial charge is 0.229 e. The van der Waals surface area contributed by atoms with Gasteiger partial charge in [0.25, 0.3) is 0 Å². The van der Waals surface area contributed by atoms with E-state index in [1.54, 1.807) is 18.2 Å². The first-order chi connectivity index (χ1) is 11.7. The Kier molecular flexibility index (Phi) is 4.73. The third-order valence-electron chi connectivity index (χ3n) is 4.01. The van der Waals surface area contributed by atoms with Gasteiger partial charge in [-0.3, -0.25) is 4.57 Å². The van der Waals surface area contributed by atoms with Crippen LogP contribution < -0.4 is 15.3 Å². The van der Waals surface area contributed by atoms with Crippen LogP contribution in [0, 0.1) is 0 Å². The van der Waals surface area contributed by atoms with E-state index in [2.05, 4.69) is 0 Å². The number of nitrogens with zero attached hydrogens (tertiary/aromatic N) is 1. The minimum atomic E-state index is -3.11. The number of rotatable bonds is 5. The monoisotopic (exact) mass is 337 g/mol. The fourth-order valence-corrected chi connectivity index (χ4v) is 5.77. The maximum atomic E-state index is 14.3. The van der Waals surface area contributed by atoms with Crippen molar-refractivity contribution in [1.29, 1.82) is 0 Å².